The Hall–Kier alpha value is -3.75. The van der Waals surface area contributed by atoms with E-state index in [1.807, 2.05) is 23.0 Å². The molecule has 1 aromatic carbocycles. The van der Waals surface area contributed by atoms with E-state index in [1.54, 1.807) is 24.2 Å². The van der Waals surface area contributed by atoms with Crippen molar-refractivity contribution in [2.24, 2.45) is 0 Å². The number of hydrogen-bond acceptors (Lipinski definition) is 5. The topological polar surface area (TPSA) is 69.5 Å². The van der Waals surface area contributed by atoms with Gasteiger partial charge in [-0.2, -0.15) is 5.10 Å². The predicted molar refractivity (Wildman–Crippen MR) is 122 cm³/mol. The Morgan fingerprint density at radius 1 is 1.09 bits per heavy atom. The quantitative estimate of drug-likeness (QED) is 0.552. The van der Waals surface area contributed by atoms with Crippen LogP contribution in [0.15, 0.2) is 36.8 Å². The lowest BCUT2D eigenvalue weighted by molar-refractivity contribution is -0.134. The van der Waals surface area contributed by atoms with E-state index in [-0.39, 0.29) is 35.4 Å². The molecule has 5 rings (SSSR count). The molecule has 0 radical (unpaired) electrons. The molecule has 0 N–H and O–H groups in total. The maximum Gasteiger partial charge on any atom is 0.219 e. The Balaban J connectivity index is 1.41. The van der Waals surface area contributed by atoms with Gasteiger partial charge >= 0.3 is 0 Å². The molecule has 0 atom stereocenters. The van der Waals surface area contributed by atoms with E-state index >= 15 is 0 Å². The van der Waals surface area contributed by atoms with Crippen LogP contribution < -0.4 is 9.47 Å². The fourth-order valence-electron chi connectivity index (χ4n) is 4.44. The minimum absolute atomic E-state index is 0.0472. The molecule has 3 aromatic rings. The zero-order valence-electron chi connectivity index (χ0n) is 19.1. The molecule has 2 aliphatic rings. The number of aromatic nitrogens is 3. The van der Waals surface area contributed by atoms with Gasteiger partial charge in [-0.1, -0.05) is 6.08 Å². The highest BCUT2D eigenvalue weighted by Gasteiger charge is 2.30. The first-order valence-corrected chi connectivity index (χ1v) is 11.0. The molecule has 1 saturated heterocycles. The molecule has 9 heteroatoms. The van der Waals surface area contributed by atoms with Crippen LogP contribution in [0.3, 0.4) is 0 Å². The summed E-state index contributed by atoms with van der Waals surface area (Å²) in [5.41, 5.74) is 4.16. The number of amides is 1. The maximum atomic E-state index is 14.9. The summed E-state index contributed by atoms with van der Waals surface area (Å²) in [6.07, 6.45) is 8.08. The first kappa shape index (κ1) is 22.1. The van der Waals surface area contributed by atoms with Gasteiger partial charge in [0.1, 0.15) is 0 Å². The lowest BCUT2D eigenvalue weighted by atomic mass is 9.97. The van der Waals surface area contributed by atoms with Crippen LogP contribution in [0.2, 0.25) is 0 Å². The molecule has 1 aliphatic carbocycles. The second-order valence-corrected chi connectivity index (χ2v) is 8.50. The zero-order valence-corrected chi connectivity index (χ0v) is 19.1. The highest BCUT2D eigenvalue weighted by Crippen LogP contribution is 2.37. The number of fused-ring (bicyclic) bond motifs is 1. The van der Waals surface area contributed by atoms with E-state index in [0.717, 1.165) is 28.0 Å². The van der Waals surface area contributed by atoms with E-state index in [0.29, 0.717) is 19.5 Å². The summed E-state index contributed by atoms with van der Waals surface area (Å²) in [7, 11) is 2.67. The van der Waals surface area contributed by atoms with Crippen molar-refractivity contribution >= 4 is 11.5 Å². The van der Waals surface area contributed by atoms with E-state index in [4.69, 9.17) is 9.47 Å². The first-order valence-electron chi connectivity index (χ1n) is 11.0. The number of rotatable bonds is 6. The van der Waals surface area contributed by atoms with Crippen molar-refractivity contribution in [2.75, 3.05) is 27.3 Å². The van der Waals surface area contributed by atoms with Crippen molar-refractivity contribution in [1.82, 2.24) is 19.7 Å². The fraction of sp³-hybridized carbons (Fsp3) is 0.320. The maximum absolute atomic E-state index is 14.9. The van der Waals surface area contributed by atoms with Crippen LogP contribution in [0.1, 0.15) is 29.8 Å². The van der Waals surface area contributed by atoms with Gasteiger partial charge in [-0.25, -0.2) is 8.78 Å². The Bertz CT molecular complexity index is 1280. The number of nitrogens with zero attached hydrogens (tertiary/aromatic N) is 4. The molecule has 0 unspecified atom stereocenters. The first-order chi connectivity index (χ1) is 16.4. The van der Waals surface area contributed by atoms with Crippen molar-refractivity contribution in [1.29, 1.82) is 0 Å². The Morgan fingerprint density at radius 3 is 2.44 bits per heavy atom. The minimum atomic E-state index is -0.736. The van der Waals surface area contributed by atoms with Crippen molar-refractivity contribution < 1.29 is 23.0 Å². The van der Waals surface area contributed by atoms with Crippen molar-refractivity contribution in [3.8, 4) is 22.6 Å². The number of halogens is 2. The normalized spacial score (nSPS) is 15.1. The number of hydrogen-bond donors (Lipinski definition) is 0. The third-order valence-corrected chi connectivity index (χ3v) is 6.51. The van der Waals surface area contributed by atoms with Gasteiger partial charge in [0.25, 0.3) is 0 Å². The molecule has 0 bridgehead atoms. The summed E-state index contributed by atoms with van der Waals surface area (Å²) in [6.45, 7) is 2.85. The van der Waals surface area contributed by atoms with E-state index in [9.17, 15) is 13.6 Å². The third-order valence-electron chi connectivity index (χ3n) is 6.51. The van der Waals surface area contributed by atoms with Crippen LogP contribution >= 0.6 is 0 Å². The van der Waals surface area contributed by atoms with Crippen LogP contribution in [-0.2, 0) is 17.6 Å². The van der Waals surface area contributed by atoms with Gasteiger partial charge in [-0.3, -0.25) is 14.5 Å². The van der Waals surface area contributed by atoms with Crippen LogP contribution in [0, 0.1) is 11.6 Å². The summed E-state index contributed by atoms with van der Waals surface area (Å²) in [5.74, 6) is -1.54. The number of allylic oxidation sites excluding steroid dienone is 2. The molecular weight excluding hydrogens is 442 g/mol. The molecule has 176 valence electrons. The Labute approximate surface area is 195 Å². The molecule has 0 saturated carbocycles. The van der Waals surface area contributed by atoms with Crippen LogP contribution in [-0.4, -0.2) is 52.9 Å². The third kappa shape index (κ3) is 3.70. The van der Waals surface area contributed by atoms with Crippen molar-refractivity contribution in [2.45, 2.75) is 25.8 Å². The van der Waals surface area contributed by atoms with E-state index < -0.39 is 11.6 Å². The standard InChI is InChI=1S/C25H24F2N4O3/c1-14(32)30-12-18(13-30)31-11-17(10-29-31)16-7-19-15(4-5-21(19)28-9-16)6-20-24(26)22(33-2)8-23(34-3)25(20)27/h4,7-11,18H,5-6,12-13H2,1-3H3. The number of methoxy groups -OCH3 is 2. The molecule has 1 amide bonds. The second-order valence-electron chi connectivity index (χ2n) is 8.50. The molecule has 34 heavy (non-hydrogen) atoms. The van der Waals surface area contributed by atoms with E-state index in [2.05, 4.69) is 10.1 Å². The zero-order chi connectivity index (χ0) is 24.0. The highest BCUT2D eigenvalue weighted by atomic mass is 19.1. The lowest BCUT2D eigenvalue weighted by Gasteiger charge is -2.38. The number of benzene rings is 1. The van der Waals surface area contributed by atoms with Gasteiger partial charge in [0.15, 0.2) is 23.1 Å². The average molecular weight is 466 g/mol. The number of pyridine rings is 1. The summed E-state index contributed by atoms with van der Waals surface area (Å²) >= 11 is 0. The molecular formula is C25H24F2N4O3. The number of ether oxygens (including phenoxy) is 2. The van der Waals surface area contributed by atoms with E-state index in [1.165, 1.54) is 20.3 Å². The molecule has 2 aromatic heterocycles. The summed E-state index contributed by atoms with van der Waals surface area (Å²) in [6, 6.07) is 3.35. The largest absolute Gasteiger partial charge is 0.494 e. The molecule has 1 aliphatic heterocycles. The molecule has 1 fully saturated rings. The smallest absolute Gasteiger partial charge is 0.219 e. The van der Waals surface area contributed by atoms with Crippen molar-refractivity contribution in [3.05, 3.63) is 65.3 Å². The SMILES string of the molecule is COc1cc(OC)c(F)c(CC2=CCc3ncc(-c4cnn(C5CN(C(C)=O)C5)c4)cc32)c1F. The molecule has 0 spiro atoms. The van der Waals surface area contributed by atoms with Gasteiger partial charge in [-0.05, 0) is 11.6 Å². The van der Waals surface area contributed by atoms with Gasteiger partial charge in [0, 0.05) is 73.6 Å². The number of carbonyl (C=O) groups is 1. The molecule has 3 heterocycles. The van der Waals surface area contributed by atoms with Crippen LogP contribution in [0.4, 0.5) is 8.78 Å². The van der Waals surface area contributed by atoms with Gasteiger partial charge in [0.05, 0.1) is 32.2 Å². The minimum Gasteiger partial charge on any atom is -0.494 e. The van der Waals surface area contributed by atoms with Crippen LogP contribution in [0.25, 0.3) is 16.7 Å². The second kappa shape index (κ2) is 8.55. The average Bonchev–Trinajstić information content (AvgIpc) is 3.43. The number of carbonyl (C=O) groups excluding carboxylic acids is 1. The van der Waals surface area contributed by atoms with Gasteiger partial charge in [-0.15, -0.1) is 0 Å². The Kier molecular flexibility index (Phi) is 5.55. The monoisotopic (exact) mass is 466 g/mol. The summed E-state index contributed by atoms with van der Waals surface area (Å²) in [5, 5.41) is 4.46. The van der Waals surface area contributed by atoms with Crippen LogP contribution in [0.5, 0.6) is 11.5 Å². The van der Waals surface area contributed by atoms with Crippen molar-refractivity contribution in [3.63, 3.8) is 0 Å². The fourth-order valence-corrected chi connectivity index (χ4v) is 4.44. The molecule has 7 nitrogen and oxygen atoms in total. The predicted octanol–water partition coefficient (Wildman–Crippen LogP) is 3.83. The highest BCUT2D eigenvalue weighted by molar-refractivity contribution is 5.78. The Morgan fingerprint density at radius 2 is 1.79 bits per heavy atom. The van der Waals surface area contributed by atoms with Gasteiger partial charge < -0.3 is 14.4 Å². The lowest BCUT2D eigenvalue weighted by Crippen LogP contribution is -2.49. The van der Waals surface area contributed by atoms with Gasteiger partial charge in [0.2, 0.25) is 5.91 Å². The summed E-state index contributed by atoms with van der Waals surface area (Å²) in [4.78, 5) is 17.8. The summed E-state index contributed by atoms with van der Waals surface area (Å²) < 4.78 is 41.8. The number of likely N-dealkylation sites (tertiary alicyclic amines) is 1.